The van der Waals surface area contributed by atoms with Gasteiger partial charge < -0.3 is 0 Å². The number of hydrogen-bond donors (Lipinski definition) is 0. The molecule has 4 heteroatoms. The van der Waals surface area contributed by atoms with Crippen LogP contribution in [0.15, 0.2) is 79.6 Å². The second-order valence-corrected chi connectivity index (χ2v) is 5.93. The van der Waals surface area contributed by atoms with Gasteiger partial charge in [0.25, 0.3) is 5.69 Å². The van der Waals surface area contributed by atoms with Crippen LogP contribution in [0.25, 0.3) is 18.2 Å². The first kappa shape index (κ1) is 17.3. The molecule has 1 aromatic heterocycles. The van der Waals surface area contributed by atoms with Gasteiger partial charge in [-0.15, -0.1) is 0 Å². The Morgan fingerprint density at radius 2 is 1.38 bits per heavy atom. The summed E-state index contributed by atoms with van der Waals surface area (Å²) >= 11 is 0. The molecule has 0 aliphatic carbocycles. The number of nitro benzene ring substituents is 1. The van der Waals surface area contributed by atoms with E-state index in [4.69, 9.17) is 0 Å². The fourth-order valence-electron chi connectivity index (χ4n) is 2.55. The predicted octanol–water partition coefficient (Wildman–Crippen LogP) is 4.74. The van der Waals surface area contributed by atoms with Crippen LogP contribution in [0.4, 0.5) is 5.69 Å². The highest BCUT2D eigenvalue weighted by atomic mass is 16.6. The van der Waals surface area contributed by atoms with E-state index in [1.54, 1.807) is 12.1 Å². The van der Waals surface area contributed by atoms with Crippen LogP contribution in [0.1, 0.15) is 22.3 Å². The molecule has 128 valence electrons. The average molecular weight is 343 g/mol. The van der Waals surface area contributed by atoms with E-state index in [2.05, 4.69) is 35.4 Å². The van der Waals surface area contributed by atoms with Gasteiger partial charge in [0.05, 0.1) is 4.92 Å². The van der Waals surface area contributed by atoms with Gasteiger partial charge in [0, 0.05) is 29.8 Å². The van der Waals surface area contributed by atoms with Crippen LogP contribution < -0.4 is 4.57 Å². The van der Waals surface area contributed by atoms with Crippen molar-refractivity contribution in [2.45, 2.75) is 6.54 Å². The Morgan fingerprint density at radius 3 is 1.92 bits per heavy atom. The summed E-state index contributed by atoms with van der Waals surface area (Å²) in [6, 6.07) is 18.9. The van der Waals surface area contributed by atoms with Gasteiger partial charge in [-0.25, -0.2) is 4.57 Å². The molecule has 26 heavy (non-hydrogen) atoms. The lowest BCUT2D eigenvalue weighted by Gasteiger charge is -2.00. The van der Waals surface area contributed by atoms with Crippen molar-refractivity contribution >= 4 is 23.9 Å². The van der Waals surface area contributed by atoms with Gasteiger partial charge in [-0.1, -0.05) is 49.1 Å². The molecule has 0 bridgehead atoms. The fourth-order valence-corrected chi connectivity index (χ4v) is 2.55. The first-order valence-corrected chi connectivity index (χ1v) is 8.27. The molecule has 0 amide bonds. The van der Waals surface area contributed by atoms with Crippen molar-refractivity contribution in [3.05, 3.63) is 112 Å². The standard InChI is InChI=1S/C22H19N2O2/c1-2-18-3-7-21(8-4-18)17-23-15-13-20(14-16-23)6-5-19-9-11-22(12-10-19)24(25)26/h2-16H,1,17H2/q+1/b6-5+. The van der Waals surface area contributed by atoms with Crippen LogP contribution in [0.2, 0.25) is 0 Å². The number of non-ortho nitro benzene ring substituents is 1. The normalized spacial score (nSPS) is 10.8. The van der Waals surface area contributed by atoms with Crippen molar-refractivity contribution in [1.29, 1.82) is 0 Å². The van der Waals surface area contributed by atoms with E-state index >= 15 is 0 Å². The number of aromatic nitrogens is 1. The van der Waals surface area contributed by atoms with Gasteiger partial charge >= 0.3 is 0 Å². The summed E-state index contributed by atoms with van der Waals surface area (Å²) in [4.78, 5) is 10.3. The van der Waals surface area contributed by atoms with E-state index in [1.165, 1.54) is 17.7 Å². The van der Waals surface area contributed by atoms with Gasteiger partial charge in [0.15, 0.2) is 18.9 Å². The van der Waals surface area contributed by atoms with E-state index in [1.807, 2.05) is 42.8 Å². The third kappa shape index (κ3) is 4.51. The molecule has 0 fully saturated rings. The molecular weight excluding hydrogens is 324 g/mol. The van der Waals surface area contributed by atoms with Crippen molar-refractivity contribution in [2.24, 2.45) is 0 Å². The van der Waals surface area contributed by atoms with Crippen LogP contribution in [0.5, 0.6) is 0 Å². The van der Waals surface area contributed by atoms with Crippen molar-refractivity contribution < 1.29 is 9.49 Å². The summed E-state index contributed by atoms with van der Waals surface area (Å²) < 4.78 is 2.12. The Balaban J connectivity index is 1.64. The SMILES string of the molecule is C=Cc1ccc(C[n+]2ccc(/C=C/c3ccc([N+](=O)[O-])cc3)cc2)cc1. The lowest BCUT2D eigenvalue weighted by molar-refractivity contribution is -0.688. The number of pyridine rings is 1. The van der Waals surface area contributed by atoms with E-state index in [0.29, 0.717) is 0 Å². The summed E-state index contributed by atoms with van der Waals surface area (Å²) in [6.07, 6.45) is 9.85. The van der Waals surface area contributed by atoms with Crippen molar-refractivity contribution in [3.8, 4) is 0 Å². The molecule has 0 radical (unpaired) electrons. The van der Waals surface area contributed by atoms with Gasteiger partial charge in [-0.2, -0.15) is 0 Å². The molecule has 0 saturated heterocycles. The third-order valence-corrected chi connectivity index (χ3v) is 4.07. The van der Waals surface area contributed by atoms with Crippen LogP contribution >= 0.6 is 0 Å². The van der Waals surface area contributed by atoms with Gasteiger partial charge in [-0.05, 0) is 28.8 Å². The molecule has 4 nitrogen and oxygen atoms in total. The predicted molar refractivity (Wildman–Crippen MR) is 104 cm³/mol. The second-order valence-electron chi connectivity index (χ2n) is 5.93. The molecule has 2 aromatic carbocycles. The molecule has 0 aliphatic rings. The van der Waals surface area contributed by atoms with Crippen LogP contribution in [-0.4, -0.2) is 4.92 Å². The lowest BCUT2D eigenvalue weighted by atomic mass is 10.1. The first-order chi connectivity index (χ1) is 12.6. The highest BCUT2D eigenvalue weighted by Crippen LogP contribution is 2.14. The minimum Gasteiger partial charge on any atom is -0.258 e. The third-order valence-electron chi connectivity index (χ3n) is 4.07. The summed E-state index contributed by atoms with van der Waals surface area (Å²) in [7, 11) is 0. The lowest BCUT2D eigenvalue weighted by Crippen LogP contribution is -2.33. The maximum atomic E-state index is 10.7. The monoisotopic (exact) mass is 343 g/mol. The number of nitrogens with zero attached hydrogens (tertiary/aromatic N) is 2. The molecule has 0 N–H and O–H groups in total. The number of nitro groups is 1. The van der Waals surface area contributed by atoms with Crippen LogP contribution in [-0.2, 0) is 6.54 Å². The smallest absolute Gasteiger partial charge is 0.258 e. The van der Waals surface area contributed by atoms with Crippen molar-refractivity contribution in [2.75, 3.05) is 0 Å². The first-order valence-electron chi connectivity index (χ1n) is 8.27. The molecular formula is C22H19N2O2+. The fraction of sp³-hybridized carbons (Fsp3) is 0.0455. The molecule has 0 unspecified atom stereocenters. The molecule has 3 aromatic rings. The highest BCUT2D eigenvalue weighted by molar-refractivity contribution is 5.69. The summed E-state index contributed by atoms with van der Waals surface area (Å²) in [5, 5.41) is 10.7. The topological polar surface area (TPSA) is 47.0 Å². The van der Waals surface area contributed by atoms with E-state index in [0.717, 1.165) is 23.2 Å². The van der Waals surface area contributed by atoms with E-state index in [-0.39, 0.29) is 5.69 Å². The van der Waals surface area contributed by atoms with E-state index in [9.17, 15) is 10.1 Å². The Hall–Kier alpha value is -3.53. The minimum absolute atomic E-state index is 0.101. The van der Waals surface area contributed by atoms with Crippen molar-refractivity contribution in [3.63, 3.8) is 0 Å². The van der Waals surface area contributed by atoms with E-state index < -0.39 is 4.92 Å². The zero-order valence-corrected chi connectivity index (χ0v) is 14.3. The molecule has 0 atom stereocenters. The average Bonchev–Trinajstić information content (AvgIpc) is 2.68. The van der Waals surface area contributed by atoms with Gasteiger partial charge in [0.1, 0.15) is 0 Å². The maximum absolute atomic E-state index is 10.7. The molecule has 3 rings (SSSR count). The van der Waals surface area contributed by atoms with Crippen LogP contribution in [0, 0.1) is 10.1 Å². The zero-order valence-electron chi connectivity index (χ0n) is 14.3. The Labute approximate surface area is 152 Å². The number of benzene rings is 2. The van der Waals surface area contributed by atoms with Crippen molar-refractivity contribution in [1.82, 2.24) is 0 Å². The maximum Gasteiger partial charge on any atom is 0.269 e. The zero-order chi connectivity index (χ0) is 18.4. The largest absolute Gasteiger partial charge is 0.269 e. The van der Waals surface area contributed by atoms with Crippen LogP contribution in [0.3, 0.4) is 0 Å². The van der Waals surface area contributed by atoms with Gasteiger partial charge in [-0.3, -0.25) is 10.1 Å². The quantitative estimate of drug-likeness (QED) is 0.368. The Bertz CT molecular complexity index is 925. The summed E-state index contributed by atoms with van der Waals surface area (Å²) in [5.41, 5.74) is 4.44. The Morgan fingerprint density at radius 1 is 0.846 bits per heavy atom. The number of hydrogen-bond acceptors (Lipinski definition) is 2. The molecule has 0 saturated carbocycles. The summed E-state index contributed by atoms with van der Waals surface area (Å²) in [6.45, 7) is 4.57. The second kappa shape index (κ2) is 8.03. The number of rotatable bonds is 6. The molecule has 1 heterocycles. The molecule has 0 spiro atoms. The Kier molecular flexibility index (Phi) is 5.34. The minimum atomic E-state index is -0.394. The molecule has 0 aliphatic heterocycles. The summed E-state index contributed by atoms with van der Waals surface area (Å²) in [5.74, 6) is 0. The van der Waals surface area contributed by atoms with Gasteiger partial charge in [0.2, 0.25) is 0 Å². The highest BCUT2D eigenvalue weighted by Gasteiger charge is 2.03.